The van der Waals surface area contributed by atoms with E-state index in [1.54, 1.807) is 29.6 Å². The molecular weight excluding hydrogens is 462 g/mol. The number of nitrogens with one attached hydrogen (secondary N) is 1. The van der Waals surface area contributed by atoms with Crippen molar-refractivity contribution in [3.63, 3.8) is 0 Å². The van der Waals surface area contributed by atoms with Gasteiger partial charge in [0, 0.05) is 30.4 Å². The van der Waals surface area contributed by atoms with Crippen LogP contribution in [0.3, 0.4) is 0 Å². The molecule has 1 aromatic heterocycles. The van der Waals surface area contributed by atoms with E-state index < -0.39 is 20.9 Å². The number of halogens is 1. The second-order valence-corrected chi connectivity index (χ2v) is 10.4. The third-order valence-electron chi connectivity index (χ3n) is 4.94. The van der Waals surface area contributed by atoms with Crippen LogP contribution < -0.4 is 5.32 Å². The monoisotopic (exact) mass is 477 g/mol. The Bertz CT molecular complexity index is 1280. The summed E-state index contributed by atoms with van der Waals surface area (Å²) in [5, 5.41) is 15.4. The maximum atomic E-state index is 12.8. The summed E-state index contributed by atoms with van der Waals surface area (Å²) < 4.78 is 27.4. The Labute approximate surface area is 187 Å². The van der Waals surface area contributed by atoms with E-state index >= 15 is 0 Å². The Hall–Kier alpha value is -2.79. The molecule has 160 valence electrons. The highest BCUT2D eigenvalue weighted by atomic mass is 35.5. The van der Waals surface area contributed by atoms with Crippen LogP contribution in [-0.2, 0) is 23.0 Å². The van der Waals surface area contributed by atoms with Crippen molar-refractivity contribution in [2.24, 2.45) is 0 Å². The van der Waals surface area contributed by atoms with E-state index in [1.807, 2.05) is 6.07 Å². The van der Waals surface area contributed by atoms with Gasteiger partial charge in [-0.2, -0.15) is 4.31 Å². The molecule has 0 fully saturated rings. The number of amides is 1. The van der Waals surface area contributed by atoms with Gasteiger partial charge in [0.1, 0.15) is 9.23 Å². The highest BCUT2D eigenvalue weighted by Gasteiger charge is 2.29. The van der Waals surface area contributed by atoms with Crippen LogP contribution in [0, 0.1) is 10.1 Å². The van der Waals surface area contributed by atoms with E-state index in [2.05, 4.69) is 5.32 Å². The topological polar surface area (TPSA) is 110 Å². The maximum Gasteiger partial charge on any atom is 0.288 e. The molecule has 0 unspecified atom stereocenters. The van der Waals surface area contributed by atoms with Gasteiger partial charge in [-0.1, -0.05) is 23.7 Å². The number of benzene rings is 2. The van der Waals surface area contributed by atoms with E-state index in [0.29, 0.717) is 22.9 Å². The van der Waals surface area contributed by atoms with Gasteiger partial charge in [-0.15, -0.1) is 11.3 Å². The number of thiophene rings is 1. The van der Waals surface area contributed by atoms with Crippen LogP contribution in [0.5, 0.6) is 0 Å². The summed E-state index contributed by atoms with van der Waals surface area (Å²) >= 11 is 6.97. The standard InChI is InChI=1S/C20H16ClN3O5S2/c21-17-6-4-14(11-18(17)24(26)27)20(25)22-16-5-3-13-7-8-23(12-15(13)10-16)31(28,29)19-2-1-9-30-19/h1-6,9-11H,7-8,12H2,(H,22,25). The SMILES string of the molecule is O=C(Nc1ccc2c(c1)CN(S(=O)(=O)c1cccs1)CC2)c1ccc(Cl)c([N+](=O)[O-])c1. The second-order valence-electron chi connectivity index (χ2n) is 6.88. The number of hydrogen-bond acceptors (Lipinski definition) is 6. The zero-order valence-corrected chi connectivity index (χ0v) is 18.3. The van der Waals surface area contributed by atoms with Gasteiger partial charge in [-0.05, 0) is 53.3 Å². The van der Waals surface area contributed by atoms with Gasteiger partial charge in [-0.3, -0.25) is 14.9 Å². The maximum absolute atomic E-state index is 12.8. The van der Waals surface area contributed by atoms with Gasteiger partial charge in [0.2, 0.25) is 0 Å². The molecule has 8 nitrogen and oxygen atoms in total. The summed E-state index contributed by atoms with van der Waals surface area (Å²) in [4.78, 5) is 23.0. The number of nitro benzene ring substituents is 1. The molecule has 0 saturated heterocycles. The molecule has 31 heavy (non-hydrogen) atoms. The number of carbonyl (C=O) groups excluding carboxylic acids is 1. The van der Waals surface area contributed by atoms with Crippen molar-refractivity contribution in [1.29, 1.82) is 0 Å². The summed E-state index contributed by atoms with van der Waals surface area (Å²) in [6, 6.07) is 12.4. The van der Waals surface area contributed by atoms with E-state index in [1.165, 1.54) is 27.8 Å². The first-order valence-electron chi connectivity index (χ1n) is 9.16. The Kier molecular flexibility index (Phi) is 5.80. The summed E-state index contributed by atoms with van der Waals surface area (Å²) in [5.41, 5.74) is 2.02. The largest absolute Gasteiger partial charge is 0.322 e. The molecule has 11 heteroatoms. The molecule has 1 aliphatic rings. The van der Waals surface area contributed by atoms with Crippen LogP contribution >= 0.6 is 22.9 Å². The molecule has 0 spiro atoms. The molecule has 3 aromatic rings. The van der Waals surface area contributed by atoms with E-state index in [-0.39, 0.29) is 22.8 Å². The average molecular weight is 478 g/mol. The highest BCUT2D eigenvalue weighted by molar-refractivity contribution is 7.91. The minimum Gasteiger partial charge on any atom is -0.322 e. The van der Waals surface area contributed by atoms with Gasteiger partial charge in [-0.25, -0.2) is 8.42 Å². The van der Waals surface area contributed by atoms with Crippen LogP contribution in [0.2, 0.25) is 5.02 Å². The van der Waals surface area contributed by atoms with Gasteiger partial charge in [0.05, 0.1) is 4.92 Å². The number of carbonyl (C=O) groups is 1. The van der Waals surface area contributed by atoms with Gasteiger partial charge in [0.15, 0.2) is 0 Å². The van der Waals surface area contributed by atoms with Gasteiger partial charge >= 0.3 is 0 Å². The zero-order chi connectivity index (χ0) is 22.2. The Morgan fingerprint density at radius 2 is 1.97 bits per heavy atom. The first-order valence-corrected chi connectivity index (χ1v) is 11.9. The lowest BCUT2D eigenvalue weighted by Crippen LogP contribution is -2.35. The third kappa shape index (κ3) is 4.33. The van der Waals surface area contributed by atoms with E-state index in [4.69, 9.17) is 11.6 Å². The molecule has 1 aliphatic heterocycles. The van der Waals surface area contributed by atoms with Crippen molar-refractivity contribution in [2.75, 3.05) is 11.9 Å². The Balaban J connectivity index is 1.55. The first-order chi connectivity index (χ1) is 14.8. The molecular formula is C20H16ClN3O5S2. The fraction of sp³-hybridized carbons (Fsp3) is 0.150. The third-order valence-corrected chi connectivity index (χ3v) is 8.47. The van der Waals surface area contributed by atoms with Crippen molar-refractivity contribution >= 4 is 50.2 Å². The van der Waals surface area contributed by atoms with Crippen LogP contribution in [0.15, 0.2) is 58.1 Å². The molecule has 0 atom stereocenters. The Morgan fingerprint density at radius 1 is 1.16 bits per heavy atom. The number of nitrogens with zero attached hydrogens (tertiary/aromatic N) is 2. The van der Waals surface area contributed by atoms with Crippen LogP contribution in [0.25, 0.3) is 0 Å². The molecule has 0 radical (unpaired) electrons. The number of sulfonamides is 1. The van der Waals surface area contributed by atoms with Crippen LogP contribution in [-0.4, -0.2) is 30.1 Å². The molecule has 0 aliphatic carbocycles. The molecule has 1 amide bonds. The summed E-state index contributed by atoms with van der Waals surface area (Å²) in [7, 11) is -3.57. The lowest BCUT2D eigenvalue weighted by molar-refractivity contribution is -0.384. The van der Waals surface area contributed by atoms with Crippen molar-refractivity contribution in [3.05, 3.63) is 85.7 Å². The second kappa shape index (κ2) is 8.39. The first kappa shape index (κ1) is 21.4. The predicted octanol–water partition coefficient (Wildman–Crippen LogP) is 4.31. The molecule has 0 saturated carbocycles. The molecule has 4 rings (SSSR count). The van der Waals surface area contributed by atoms with Gasteiger partial charge in [0.25, 0.3) is 21.6 Å². The molecule has 0 bridgehead atoms. The highest BCUT2D eigenvalue weighted by Crippen LogP contribution is 2.29. The number of rotatable bonds is 5. The van der Waals surface area contributed by atoms with Crippen molar-refractivity contribution in [1.82, 2.24) is 4.31 Å². The lowest BCUT2D eigenvalue weighted by Gasteiger charge is -2.28. The number of anilines is 1. The van der Waals surface area contributed by atoms with Crippen molar-refractivity contribution in [2.45, 2.75) is 17.2 Å². The minimum atomic E-state index is -3.57. The number of fused-ring (bicyclic) bond motifs is 1. The lowest BCUT2D eigenvalue weighted by atomic mass is 10.0. The average Bonchev–Trinajstić information content (AvgIpc) is 3.29. The Morgan fingerprint density at radius 3 is 2.68 bits per heavy atom. The summed E-state index contributed by atoms with van der Waals surface area (Å²) in [5.74, 6) is -0.529. The van der Waals surface area contributed by atoms with E-state index in [0.717, 1.165) is 17.2 Å². The fourth-order valence-electron chi connectivity index (χ4n) is 3.35. The molecule has 2 aromatic carbocycles. The van der Waals surface area contributed by atoms with Crippen LogP contribution in [0.1, 0.15) is 21.5 Å². The van der Waals surface area contributed by atoms with Gasteiger partial charge < -0.3 is 5.32 Å². The van der Waals surface area contributed by atoms with Crippen LogP contribution in [0.4, 0.5) is 11.4 Å². The van der Waals surface area contributed by atoms with E-state index in [9.17, 15) is 23.3 Å². The fourth-order valence-corrected chi connectivity index (χ4v) is 6.10. The summed E-state index contributed by atoms with van der Waals surface area (Å²) in [6.07, 6.45) is 0.567. The minimum absolute atomic E-state index is 0.0534. The predicted molar refractivity (Wildman–Crippen MR) is 118 cm³/mol. The number of nitro groups is 1. The smallest absolute Gasteiger partial charge is 0.288 e. The quantitative estimate of drug-likeness (QED) is 0.435. The van der Waals surface area contributed by atoms with Crippen molar-refractivity contribution < 1.29 is 18.1 Å². The normalized spacial score (nSPS) is 14.1. The van der Waals surface area contributed by atoms with Crippen molar-refractivity contribution in [3.8, 4) is 0 Å². The number of hydrogen-bond donors (Lipinski definition) is 1. The molecule has 2 heterocycles. The zero-order valence-electron chi connectivity index (χ0n) is 15.9. The molecule has 1 N–H and O–H groups in total. The summed E-state index contributed by atoms with van der Waals surface area (Å²) in [6.45, 7) is 0.582.